The van der Waals surface area contributed by atoms with Crippen LogP contribution in [-0.2, 0) is 4.79 Å². The van der Waals surface area contributed by atoms with Gasteiger partial charge < -0.3 is 15.5 Å². The third-order valence-electron chi connectivity index (χ3n) is 3.50. The van der Waals surface area contributed by atoms with E-state index >= 15 is 0 Å². The van der Waals surface area contributed by atoms with Gasteiger partial charge in [0, 0.05) is 25.2 Å². The predicted octanol–water partition coefficient (Wildman–Crippen LogP) is 0.666. The number of hydrogen-bond acceptors (Lipinski definition) is 3. The molecule has 94 valence electrons. The van der Waals surface area contributed by atoms with Crippen LogP contribution in [0.25, 0.3) is 0 Å². The number of amides is 1. The lowest BCUT2D eigenvalue weighted by Gasteiger charge is -2.38. The number of carbonyl (C=O) groups excluding carboxylic acids is 1. The Balaban J connectivity index is 2.56. The number of piperidine rings is 1. The summed E-state index contributed by atoms with van der Waals surface area (Å²) < 4.78 is 0. The van der Waals surface area contributed by atoms with Crippen molar-refractivity contribution in [1.82, 2.24) is 9.80 Å². The van der Waals surface area contributed by atoms with Gasteiger partial charge in [0.05, 0.1) is 6.54 Å². The van der Waals surface area contributed by atoms with E-state index in [1.165, 1.54) is 6.42 Å². The number of nitrogens with zero attached hydrogens (tertiary/aromatic N) is 2. The van der Waals surface area contributed by atoms with Crippen LogP contribution in [0.2, 0.25) is 0 Å². The van der Waals surface area contributed by atoms with E-state index in [2.05, 4.69) is 25.8 Å². The van der Waals surface area contributed by atoms with Gasteiger partial charge in [-0.1, -0.05) is 0 Å². The lowest BCUT2D eigenvalue weighted by atomic mass is 10.0. The van der Waals surface area contributed by atoms with E-state index in [-0.39, 0.29) is 12.5 Å². The lowest BCUT2D eigenvalue weighted by molar-refractivity contribution is -0.133. The average molecular weight is 227 g/mol. The van der Waals surface area contributed by atoms with Gasteiger partial charge in [0.25, 0.3) is 0 Å². The number of rotatable bonds is 4. The van der Waals surface area contributed by atoms with Gasteiger partial charge in [-0.2, -0.15) is 0 Å². The van der Waals surface area contributed by atoms with Gasteiger partial charge in [0.2, 0.25) is 5.91 Å². The van der Waals surface area contributed by atoms with Crippen molar-refractivity contribution in [2.75, 3.05) is 26.7 Å². The molecule has 0 saturated carbocycles. The summed E-state index contributed by atoms with van der Waals surface area (Å²) in [5.74, 6) is 0.0989. The van der Waals surface area contributed by atoms with Gasteiger partial charge in [0.1, 0.15) is 0 Å². The predicted molar refractivity (Wildman–Crippen MR) is 66.2 cm³/mol. The first-order valence-corrected chi connectivity index (χ1v) is 6.26. The second kappa shape index (κ2) is 6.21. The first-order valence-electron chi connectivity index (χ1n) is 6.26. The molecule has 0 aromatic carbocycles. The maximum atomic E-state index is 11.7. The van der Waals surface area contributed by atoms with Crippen molar-refractivity contribution in [3.05, 3.63) is 0 Å². The van der Waals surface area contributed by atoms with E-state index in [4.69, 9.17) is 5.73 Å². The van der Waals surface area contributed by atoms with Crippen LogP contribution in [0.4, 0.5) is 0 Å². The number of likely N-dealkylation sites (tertiary alicyclic amines) is 1. The van der Waals surface area contributed by atoms with Crippen LogP contribution >= 0.6 is 0 Å². The van der Waals surface area contributed by atoms with Gasteiger partial charge in [-0.15, -0.1) is 0 Å². The molecular weight excluding hydrogens is 202 g/mol. The van der Waals surface area contributed by atoms with Gasteiger partial charge in [-0.3, -0.25) is 4.79 Å². The van der Waals surface area contributed by atoms with Crippen LogP contribution in [0.5, 0.6) is 0 Å². The molecule has 0 aromatic heterocycles. The van der Waals surface area contributed by atoms with Crippen molar-refractivity contribution in [2.45, 2.75) is 45.2 Å². The molecule has 1 atom stereocenters. The topological polar surface area (TPSA) is 49.6 Å². The molecule has 1 saturated heterocycles. The van der Waals surface area contributed by atoms with Crippen LogP contribution in [0.1, 0.15) is 33.1 Å². The van der Waals surface area contributed by atoms with Gasteiger partial charge in [0.15, 0.2) is 0 Å². The van der Waals surface area contributed by atoms with E-state index in [0.717, 1.165) is 25.9 Å². The minimum Gasteiger partial charge on any atom is -0.337 e. The highest BCUT2D eigenvalue weighted by atomic mass is 16.2. The quantitative estimate of drug-likeness (QED) is 0.768. The van der Waals surface area contributed by atoms with E-state index in [0.29, 0.717) is 12.1 Å². The molecule has 0 unspecified atom stereocenters. The number of likely N-dealkylation sites (N-methyl/N-ethyl adjacent to an activating group) is 1. The van der Waals surface area contributed by atoms with Crippen molar-refractivity contribution in [3.63, 3.8) is 0 Å². The highest BCUT2D eigenvalue weighted by Crippen LogP contribution is 2.18. The average Bonchev–Trinajstić information content (AvgIpc) is 2.28. The summed E-state index contributed by atoms with van der Waals surface area (Å²) in [6.45, 7) is 6.34. The van der Waals surface area contributed by atoms with Crippen LogP contribution in [-0.4, -0.2) is 54.5 Å². The fraction of sp³-hybridized carbons (Fsp3) is 0.917. The number of hydrogen-bond donors (Lipinski definition) is 1. The Morgan fingerprint density at radius 2 is 2.19 bits per heavy atom. The van der Waals surface area contributed by atoms with E-state index in [1.807, 2.05) is 4.90 Å². The largest absolute Gasteiger partial charge is 0.337 e. The highest BCUT2D eigenvalue weighted by Gasteiger charge is 2.26. The summed E-state index contributed by atoms with van der Waals surface area (Å²) in [6, 6.07) is 0.883. The molecule has 0 spiro atoms. The molecule has 1 rings (SSSR count). The van der Waals surface area contributed by atoms with Crippen LogP contribution in [0, 0.1) is 0 Å². The summed E-state index contributed by atoms with van der Waals surface area (Å²) in [6.07, 6.45) is 3.46. The molecule has 1 amide bonds. The Labute approximate surface area is 98.8 Å². The Bertz CT molecular complexity index is 230. The Hall–Kier alpha value is -0.610. The second-order valence-corrected chi connectivity index (χ2v) is 4.97. The molecule has 0 radical (unpaired) electrons. The fourth-order valence-electron chi connectivity index (χ4n) is 2.18. The second-order valence-electron chi connectivity index (χ2n) is 4.97. The van der Waals surface area contributed by atoms with Crippen LogP contribution < -0.4 is 5.73 Å². The molecule has 1 aliphatic heterocycles. The summed E-state index contributed by atoms with van der Waals surface area (Å²) in [4.78, 5) is 16.0. The first kappa shape index (κ1) is 13.5. The Morgan fingerprint density at radius 1 is 1.50 bits per heavy atom. The summed E-state index contributed by atoms with van der Waals surface area (Å²) in [5, 5.41) is 0. The third-order valence-corrected chi connectivity index (χ3v) is 3.50. The zero-order chi connectivity index (χ0) is 12.1. The molecule has 1 fully saturated rings. The molecule has 0 aromatic rings. The smallest absolute Gasteiger partial charge is 0.236 e. The first-order chi connectivity index (χ1) is 7.56. The minimum absolute atomic E-state index is 0.0989. The summed E-state index contributed by atoms with van der Waals surface area (Å²) >= 11 is 0. The van der Waals surface area contributed by atoms with Crippen molar-refractivity contribution < 1.29 is 4.79 Å². The van der Waals surface area contributed by atoms with Gasteiger partial charge >= 0.3 is 0 Å². The number of carbonyl (C=O) groups is 1. The normalized spacial score (nSPS) is 21.9. The zero-order valence-electron chi connectivity index (χ0n) is 10.8. The molecule has 4 nitrogen and oxygen atoms in total. The molecule has 2 N–H and O–H groups in total. The van der Waals surface area contributed by atoms with Crippen LogP contribution in [0.15, 0.2) is 0 Å². The highest BCUT2D eigenvalue weighted by molar-refractivity contribution is 5.78. The molecule has 0 aliphatic carbocycles. The van der Waals surface area contributed by atoms with E-state index in [9.17, 15) is 4.79 Å². The molecular formula is C12H25N3O. The lowest BCUT2D eigenvalue weighted by Crippen LogP contribution is -2.51. The minimum atomic E-state index is 0.0989. The van der Waals surface area contributed by atoms with Gasteiger partial charge in [-0.25, -0.2) is 0 Å². The molecule has 16 heavy (non-hydrogen) atoms. The summed E-state index contributed by atoms with van der Waals surface area (Å²) in [5.41, 5.74) is 5.45. The van der Waals surface area contributed by atoms with E-state index < -0.39 is 0 Å². The third kappa shape index (κ3) is 3.46. The molecule has 1 heterocycles. The Kier molecular flexibility index (Phi) is 5.22. The number of nitrogens with two attached hydrogens (primary N) is 1. The molecule has 4 heteroatoms. The van der Waals surface area contributed by atoms with Gasteiger partial charge in [-0.05, 0) is 40.2 Å². The van der Waals surface area contributed by atoms with Crippen molar-refractivity contribution >= 4 is 5.91 Å². The maximum absolute atomic E-state index is 11.7. The maximum Gasteiger partial charge on any atom is 0.236 e. The Morgan fingerprint density at radius 3 is 2.75 bits per heavy atom. The SMILES string of the molecule is CC(C)N(C)C[C@@H]1CCCCN1C(=O)CN. The molecule has 0 bridgehead atoms. The monoisotopic (exact) mass is 227 g/mol. The van der Waals surface area contributed by atoms with Crippen molar-refractivity contribution in [2.24, 2.45) is 5.73 Å². The van der Waals surface area contributed by atoms with E-state index in [1.54, 1.807) is 0 Å². The van der Waals surface area contributed by atoms with Crippen molar-refractivity contribution in [3.8, 4) is 0 Å². The van der Waals surface area contributed by atoms with Crippen LogP contribution in [0.3, 0.4) is 0 Å². The van der Waals surface area contributed by atoms with Crippen molar-refractivity contribution in [1.29, 1.82) is 0 Å². The fourth-order valence-corrected chi connectivity index (χ4v) is 2.18. The molecule has 1 aliphatic rings. The summed E-state index contributed by atoms with van der Waals surface area (Å²) in [7, 11) is 2.12. The zero-order valence-corrected chi connectivity index (χ0v) is 10.8. The standard InChI is InChI=1S/C12H25N3O/c1-10(2)14(3)9-11-6-4-5-7-15(11)12(16)8-13/h10-11H,4-9,13H2,1-3H3/t11-/m0/s1.